The lowest BCUT2D eigenvalue weighted by molar-refractivity contribution is -0.116. The zero-order chi connectivity index (χ0) is 26.9. The highest BCUT2D eigenvalue weighted by atomic mass is 19.1. The molecule has 0 spiro atoms. The Balaban J connectivity index is 1.03. The third kappa shape index (κ3) is 7.87. The zero-order valence-corrected chi connectivity index (χ0v) is 22.5. The van der Waals surface area contributed by atoms with Crippen LogP contribution in [0.4, 0.5) is 10.1 Å². The molecule has 4 heteroatoms. The van der Waals surface area contributed by atoms with Gasteiger partial charge in [0.25, 0.3) is 0 Å². The summed E-state index contributed by atoms with van der Waals surface area (Å²) in [5.74, 6) is 0.487. The van der Waals surface area contributed by atoms with Gasteiger partial charge in [-0.05, 0) is 104 Å². The number of nitrogens with one attached hydrogen (secondary N) is 1. The molecule has 0 atom stereocenters. The van der Waals surface area contributed by atoms with Crippen molar-refractivity contribution in [3.63, 3.8) is 0 Å². The molecule has 0 bridgehead atoms. The van der Waals surface area contributed by atoms with Crippen LogP contribution in [0.15, 0.2) is 103 Å². The van der Waals surface area contributed by atoms with Crippen molar-refractivity contribution in [1.82, 2.24) is 4.90 Å². The first-order chi connectivity index (χ1) is 19.1. The average molecular weight is 521 g/mol. The maximum atomic E-state index is 13.2. The van der Waals surface area contributed by atoms with Crippen molar-refractivity contribution in [1.29, 1.82) is 0 Å². The molecule has 200 valence electrons. The molecule has 1 N–H and O–H groups in total. The molecule has 5 rings (SSSR count). The van der Waals surface area contributed by atoms with Crippen LogP contribution < -0.4 is 5.32 Å². The van der Waals surface area contributed by atoms with Gasteiger partial charge in [-0.1, -0.05) is 84.9 Å². The third-order valence-corrected chi connectivity index (χ3v) is 7.77. The first kappa shape index (κ1) is 26.8. The molecule has 1 fully saturated rings. The number of rotatable bonds is 10. The molecule has 3 nitrogen and oxygen atoms in total. The summed E-state index contributed by atoms with van der Waals surface area (Å²) in [5.41, 5.74) is 7.08. The number of nitrogens with zero attached hydrogens (tertiary/aromatic N) is 1. The van der Waals surface area contributed by atoms with E-state index in [9.17, 15) is 9.18 Å². The molecule has 1 heterocycles. The second kappa shape index (κ2) is 13.3. The molecule has 0 saturated carbocycles. The van der Waals surface area contributed by atoms with Crippen LogP contribution in [0.2, 0.25) is 0 Å². The number of piperidine rings is 1. The van der Waals surface area contributed by atoms with Crippen LogP contribution in [-0.4, -0.2) is 30.4 Å². The normalized spacial score (nSPS) is 14.3. The van der Waals surface area contributed by atoms with Gasteiger partial charge in [0.2, 0.25) is 5.91 Å². The number of para-hydroxylation sites is 1. The number of carbonyl (C=O) groups is 1. The third-order valence-electron chi connectivity index (χ3n) is 7.77. The molecule has 0 radical (unpaired) electrons. The Hall–Kier alpha value is -3.76. The number of hydrogen-bond acceptors (Lipinski definition) is 2. The van der Waals surface area contributed by atoms with E-state index in [4.69, 9.17) is 0 Å². The number of benzene rings is 4. The van der Waals surface area contributed by atoms with Crippen molar-refractivity contribution in [2.45, 2.75) is 44.4 Å². The Kier molecular flexibility index (Phi) is 9.18. The summed E-state index contributed by atoms with van der Waals surface area (Å²) >= 11 is 0. The summed E-state index contributed by atoms with van der Waals surface area (Å²) in [6.07, 6.45) is 5.34. The van der Waals surface area contributed by atoms with Crippen LogP contribution in [-0.2, 0) is 17.6 Å². The predicted molar refractivity (Wildman–Crippen MR) is 158 cm³/mol. The number of halogens is 1. The highest BCUT2D eigenvalue weighted by Crippen LogP contribution is 2.29. The van der Waals surface area contributed by atoms with Crippen LogP contribution in [0.1, 0.15) is 59.4 Å². The predicted octanol–water partition coefficient (Wildman–Crippen LogP) is 7.61. The fourth-order valence-electron chi connectivity index (χ4n) is 5.52. The molecule has 1 aliphatic rings. The molecule has 0 aliphatic carbocycles. The molecule has 4 aromatic rings. The van der Waals surface area contributed by atoms with Crippen molar-refractivity contribution in [2.75, 3.05) is 25.0 Å². The van der Waals surface area contributed by atoms with Gasteiger partial charge in [-0.3, -0.25) is 4.79 Å². The molecule has 1 aliphatic heterocycles. The van der Waals surface area contributed by atoms with Crippen LogP contribution >= 0.6 is 0 Å². The molecule has 0 unspecified atom stereocenters. The van der Waals surface area contributed by atoms with E-state index in [1.54, 1.807) is 0 Å². The van der Waals surface area contributed by atoms with Gasteiger partial charge in [-0.25, -0.2) is 4.39 Å². The fourth-order valence-corrected chi connectivity index (χ4v) is 5.52. The van der Waals surface area contributed by atoms with E-state index in [0.717, 1.165) is 68.6 Å². The maximum absolute atomic E-state index is 13.2. The molecule has 39 heavy (non-hydrogen) atoms. The van der Waals surface area contributed by atoms with E-state index >= 15 is 0 Å². The monoisotopic (exact) mass is 520 g/mol. The van der Waals surface area contributed by atoms with E-state index in [1.807, 2.05) is 48.5 Å². The van der Waals surface area contributed by atoms with Gasteiger partial charge in [-0.15, -0.1) is 0 Å². The Bertz CT molecular complexity index is 1330. The van der Waals surface area contributed by atoms with E-state index < -0.39 is 0 Å². The standard InChI is InChI=1S/C35H37FN2O/c36-33-18-14-29(15-19-33)25-28-12-16-30(17-13-28)31-20-23-38(24-21-31)22-6-11-35(39)37-34-10-5-4-9-32(34)26-27-7-2-1-3-8-27/h1-5,7-10,12-19,31H,6,11,20-26H2,(H,37,39). The number of likely N-dealkylation sites (tertiary alicyclic amines) is 1. The minimum atomic E-state index is -0.191. The minimum absolute atomic E-state index is 0.0890. The van der Waals surface area contributed by atoms with Crippen LogP contribution in [0.5, 0.6) is 0 Å². The Morgan fingerprint density at radius 1 is 0.744 bits per heavy atom. The quantitative estimate of drug-likeness (QED) is 0.233. The van der Waals surface area contributed by atoms with Crippen LogP contribution in [0, 0.1) is 5.82 Å². The van der Waals surface area contributed by atoms with E-state index in [0.29, 0.717) is 12.3 Å². The first-order valence-corrected chi connectivity index (χ1v) is 14.1. The van der Waals surface area contributed by atoms with Crippen molar-refractivity contribution in [2.24, 2.45) is 0 Å². The van der Waals surface area contributed by atoms with E-state index in [-0.39, 0.29) is 11.7 Å². The van der Waals surface area contributed by atoms with Gasteiger partial charge < -0.3 is 10.2 Å². The SMILES string of the molecule is O=C(CCCN1CCC(c2ccc(Cc3ccc(F)cc3)cc2)CC1)Nc1ccccc1Cc1ccccc1. The minimum Gasteiger partial charge on any atom is -0.326 e. The topological polar surface area (TPSA) is 32.3 Å². The zero-order valence-electron chi connectivity index (χ0n) is 22.5. The van der Waals surface area contributed by atoms with Gasteiger partial charge in [0.15, 0.2) is 0 Å². The molecular formula is C35H37FN2O. The van der Waals surface area contributed by atoms with Crippen molar-refractivity contribution < 1.29 is 9.18 Å². The molecule has 0 aromatic heterocycles. The van der Waals surface area contributed by atoms with Gasteiger partial charge in [0.1, 0.15) is 5.82 Å². The van der Waals surface area contributed by atoms with Crippen molar-refractivity contribution in [3.05, 3.63) is 137 Å². The van der Waals surface area contributed by atoms with Crippen molar-refractivity contribution in [3.8, 4) is 0 Å². The molecular weight excluding hydrogens is 483 g/mol. The number of carbonyl (C=O) groups excluding carboxylic acids is 1. The summed E-state index contributed by atoms with van der Waals surface area (Å²) in [4.78, 5) is 15.2. The lowest BCUT2D eigenvalue weighted by Crippen LogP contribution is -2.34. The highest BCUT2D eigenvalue weighted by molar-refractivity contribution is 5.91. The number of hydrogen-bond donors (Lipinski definition) is 1. The summed E-state index contributed by atoms with van der Waals surface area (Å²) in [7, 11) is 0. The molecule has 4 aromatic carbocycles. The summed E-state index contributed by atoms with van der Waals surface area (Å²) < 4.78 is 13.2. The van der Waals surface area contributed by atoms with Gasteiger partial charge in [-0.2, -0.15) is 0 Å². The average Bonchev–Trinajstić information content (AvgIpc) is 2.97. The van der Waals surface area contributed by atoms with Gasteiger partial charge in [0.05, 0.1) is 0 Å². The van der Waals surface area contributed by atoms with E-state index in [1.165, 1.54) is 28.8 Å². The number of amides is 1. The largest absolute Gasteiger partial charge is 0.326 e. The summed E-state index contributed by atoms with van der Waals surface area (Å²) in [5, 5.41) is 3.15. The molecule has 1 saturated heterocycles. The summed E-state index contributed by atoms with van der Waals surface area (Å²) in [6.45, 7) is 3.11. The first-order valence-electron chi connectivity index (χ1n) is 14.1. The second-order valence-electron chi connectivity index (χ2n) is 10.6. The van der Waals surface area contributed by atoms with Crippen molar-refractivity contribution >= 4 is 11.6 Å². The fraction of sp³-hybridized carbons (Fsp3) is 0.286. The maximum Gasteiger partial charge on any atom is 0.224 e. The smallest absolute Gasteiger partial charge is 0.224 e. The number of anilines is 1. The molecule has 1 amide bonds. The summed E-state index contributed by atoms with van der Waals surface area (Å²) in [6, 6.07) is 34.2. The Labute approximate surface area is 231 Å². The second-order valence-corrected chi connectivity index (χ2v) is 10.6. The van der Waals surface area contributed by atoms with Crippen LogP contribution in [0.3, 0.4) is 0 Å². The lowest BCUT2D eigenvalue weighted by Gasteiger charge is -2.32. The van der Waals surface area contributed by atoms with Crippen LogP contribution in [0.25, 0.3) is 0 Å². The Morgan fingerprint density at radius 3 is 2.08 bits per heavy atom. The van der Waals surface area contributed by atoms with Gasteiger partial charge >= 0.3 is 0 Å². The lowest BCUT2D eigenvalue weighted by atomic mass is 9.88. The van der Waals surface area contributed by atoms with E-state index in [2.05, 4.69) is 52.7 Å². The Morgan fingerprint density at radius 2 is 1.36 bits per heavy atom. The van der Waals surface area contributed by atoms with Gasteiger partial charge in [0, 0.05) is 12.1 Å². The highest BCUT2D eigenvalue weighted by Gasteiger charge is 2.20.